The van der Waals surface area contributed by atoms with Gasteiger partial charge >= 0.3 is 0 Å². The lowest BCUT2D eigenvalue weighted by molar-refractivity contribution is 0.229. The summed E-state index contributed by atoms with van der Waals surface area (Å²) in [7, 11) is 0. The third-order valence-corrected chi connectivity index (χ3v) is 3.90. The molecule has 0 bridgehead atoms. The Bertz CT molecular complexity index is 526. The molecule has 0 aliphatic heterocycles. The van der Waals surface area contributed by atoms with Crippen LogP contribution in [0.4, 0.5) is 0 Å². The van der Waals surface area contributed by atoms with Crippen molar-refractivity contribution in [2.75, 3.05) is 0 Å². The highest BCUT2D eigenvalue weighted by Gasteiger charge is 2.38. The summed E-state index contributed by atoms with van der Waals surface area (Å²) in [5.41, 5.74) is 5.77. The Morgan fingerprint density at radius 2 is 2.29 bits per heavy atom. The highest BCUT2D eigenvalue weighted by atomic mass is 32.1. The van der Waals surface area contributed by atoms with E-state index < -0.39 is 0 Å². The fraction of sp³-hybridized carbons (Fsp3) is 0.333. The van der Waals surface area contributed by atoms with Gasteiger partial charge in [0.25, 0.3) is 5.89 Å². The molecule has 0 spiro atoms. The van der Waals surface area contributed by atoms with E-state index >= 15 is 0 Å². The van der Waals surface area contributed by atoms with Crippen molar-refractivity contribution in [3.63, 3.8) is 0 Å². The van der Waals surface area contributed by atoms with Crippen LogP contribution in [0.3, 0.4) is 0 Å². The van der Waals surface area contributed by atoms with Gasteiger partial charge in [0.2, 0.25) is 0 Å². The van der Waals surface area contributed by atoms with E-state index in [2.05, 4.69) is 10.1 Å². The molecule has 1 aliphatic carbocycles. The Morgan fingerprint density at radius 3 is 2.94 bits per heavy atom. The van der Waals surface area contributed by atoms with Crippen LogP contribution in [-0.4, -0.2) is 10.1 Å². The molecule has 0 unspecified atom stereocenters. The highest BCUT2D eigenvalue weighted by Crippen LogP contribution is 2.36. The molecule has 0 atom stereocenters. The summed E-state index contributed by atoms with van der Waals surface area (Å²) >= 11 is 1.67. The molecule has 88 valence electrons. The fourth-order valence-electron chi connectivity index (χ4n) is 1.83. The van der Waals surface area contributed by atoms with E-state index in [0.717, 1.165) is 24.1 Å². The van der Waals surface area contributed by atoms with Gasteiger partial charge in [0.15, 0.2) is 5.82 Å². The monoisotopic (exact) mass is 247 g/mol. The molecule has 1 aliphatic rings. The zero-order valence-corrected chi connectivity index (χ0v) is 10.1. The van der Waals surface area contributed by atoms with Crippen LogP contribution < -0.4 is 5.73 Å². The van der Waals surface area contributed by atoms with E-state index in [-0.39, 0.29) is 5.54 Å². The summed E-state index contributed by atoms with van der Waals surface area (Å²) < 4.78 is 5.16. The van der Waals surface area contributed by atoms with Gasteiger partial charge in [-0.25, -0.2) is 0 Å². The maximum atomic E-state index is 6.12. The zero-order chi connectivity index (χ0) is 11.7. The summed E-state index contributed by atoms with van der Waals surface area (Å²) in [6, 6.07) is 4.04. The number of aromatic nitrogens is 2. The van der Waals surface area contributed by atoms with Crippen LogP contribution in [-0.2, 0) is 5.54 Å². The summed E-state index contributed by atoms with van der Waals surface area (Å²) in [6.07, 6.45) is 6.82. The van der Waals surface area contributed by atoms with Crippen LogP contribution in [0.1, 0.15) is 35.9 Å². The Morgan fingerprint density at radius 1 is 1.41 bits per heavy atom. The normalized spacial score (nSPS) is 18.4. The molecule has 1 fully saturated rings. The van der Waals surface area contributed by atoms with E-state index in [9.17, 15) is 0 Å². The molecule has 4 nitrogen and oxygen atoms in total. The van der Waals surface area contributed by atoms with E-state index in [1.54, 1.807) is 11.3 Å². The number of rotatable bonds is 3. The molecule has 2 heterocycles. The molecule has 2 N–H and O–H groups in total. The largest absolute Gasteiger partial charge is 0.335 e. The summed E-state index contributed by atoms with van der Waals surface area (Å²) in [5, 5.41) is 5.98. The number of nitrogens with zero attached hydrogens (tertiary/aromatic N) is 2. The van der Waals surface area contributed by atoms with Gasteiger partial charge in [-0.3, -0.25) is 0 Å². The van der Waals surface area contributed by atoms with Crippen molar-refractivity contribution in [2.45, 2.75) is 24.8 Å². The van der Waals surface area contributed by atoms with Crippen LogP contribution in [0.15, 0.2) is 22.0 Å². The van der Waals surface area contributed by atoms with Crippen molar-refractivity contribution < 1.29 is 4.52 Å². The zero-order valence-electron chi connectivity index (χ0n) is 9.30. The highest BCUT2D eigenvalue weighted by molar-refractivity contribution is 7.10. The SMILES string of the molecule is NC1(c2noc(/C=C/c3cccs3)n2)CCC1. The van der Waals surface area contributed by atoms with Crippen LogP contribution >= 0.6 is 11.3 Å². The molecule has 0 saturated heterocycles. The minimum atomic E-state index is -0.349. The predicted molar refractivity (Wildman–Crippen MR) is 67.3 cm³/mol. The molecule has 0 radical (unpaired) electrons. The molecule has 3 rings (SSSR count). The van der Waals surface area contributed by atoms with Gasteiger partial charge in [0, 0.05) is 11.0 Å². The van der Waals surface area contributed by atoms with Crippen molar-refractivity contribution in [3.8, 4) is 0 Å². The second-order valence-electron chi connectivity index (χ2n) is 4.31. The van der Waals surface area contributed by atoms with Gasteiger partial charge in [-0.2, -0.15) is 4.98 Å². The van der Waals surface area contributed by atoms with Crippen LogP contribution in [0.25, 0.3) is 12.2 Å². The van der Waals surface area contributed by atoms with Crippen LogP contribution in [0.2, 0.25) is 0 Å². The topological polar surface area (TPSA) is 64.9 Å². The third kappa shape index (κ3) is 2.03. The number of nitrogens with two attached hydrogens (primary N) is 1. The van der Waals surface area contributed by atoms with Crippen molar-refractivity contribution in [1.29, 1.82) is 0 Å². The average Bonchev–Trinajstić information content (AvgIpc) is 2.94. The molecular weight excluding hydrogens is 234 g/mol. The Labute approximate surface area is 103 Å². The number of thiophene rings is 1. The smallest absolute Gasteiger partial charge is 0.250 e. The minimum absolute atomic E-state index is 0.349. The van der Waals surface area contributed by atoms with Gasteiger partial charge in [0.1, 0.15) is 0 Å². The molecule has 2 aromatic rings. The first-order valence-corrected chi connectivity index (χ1v) is 6.49. The van der Waals surface area contributed by atoms with Gasteiger partial charge in [-0.15, -0.1) is 11.3 Å². The van der Waals surface area contributed by atoms with Crippen LogP contribution in [0, 0.1) is 0 Å². The summed E-state index contributed by atoms with van der Waals surface area (Å²) in [5.74, 6) is 1.15. The number of hydrogen-bond acceptors (Lipinski definition) is 5. The van der Waals surface area contributed by atoms with E-state index in [1.165, 1.54) is 0 Å². The van der Waals surface area contributed by atoms with E-state index in [0.29, 0.717) is 11.7 Å². The molecule has 1 saturated carbocycles. The maximum absolute atomic E-state index is 6.12. The molecule has 0 aromatic carbocycles. The fourth-order valence-corrected chi connectivity index (χ4v) is 2.44. The van der Waals surface area contributed by atoms with Crippen molar-refractivity contribution in [2.24, 2.45) is 5.73 Å². The minimum Gasteiger partial charge on any atom is -0.335 e. The standard InChI is InChI=1S/C12H13N3OS/c13-12(6-2-7-12)11-14-10(16-15-11)5-4-9-3-1-8-17-9/h1,3-5,8H,2,6-7,13H2/b5-4+. The first kappa shape index (κ1) is 10.7. The molecule has 0 amide bonds. The Kier molecular flexibility index (Phi) is 2.57. The summed E-state index contributed by atoms with van der Waals surface area (Å²) in [6.45, 7) is 0. The predicted octanol–water partition coefficient (Wildman–Crippen LogP) is 2.64. The number of hydrogen-bond donors (Lipinski definition) is 1. The molecule has 17 heavy (non-hydrogen) atoms. The lowest BCUT2D eigenvalue weighted by Gasteiger charge is -2.34. The second-order valence-corrected chi connectivity index (χ2v) is 5.29. The summed E-state index contributed by atoms with van der Waals surface area (Å²) in [4.78, 5) is 5.48. The van der Waals surface area contributed by atoms with Crippen molar-refractivity contribution >= 4 is 23.5 Å². The van der Waals surface area contributed by atoms with Gasteiger partial charge < -0.3 is 10.3 Å². The van der Waals surface area contributed by atoms with Gasteiger partial charge in [0.05, 0.1) is 5.54 Å². The first-order chi connectivity index (χ1) is 8.26. The molecule has 5 heteroatoms. The lowest BCUT2D eigenvalue weighted by atomic mass is 9.77. The van der Waals surface area contributed by atoms with E-state index in [1.807, 2.05) is 29.7 Å². The quantitative estimate of drug-likeness (QED) is 0.905. The average molecular weight is 247 g/mol. The van der Waals surface area contributed by atoms with Crippen LogP contribution in [0.5, 0.6) is 0 Å². The Balaban J connectivity index is 1.77. The maximum Gasteiger partial charge on any atom is 0.250 e. The third-order valence-electron chi connectivity index (χ3n) is 3.07. The molecular formula is C12H13N3OS. The second kappa shape index (κ2) is 4.09. The van der Waals surface area contributed by atoms with Gasteiger partial charge in [-0.1, -0.05) is 11.2 Å². The van der Waals surface area contributed by atoms with Crippen molar-refractivity contribution in [1.82, 2.24) is 10.1 Å². The lowest BCUT2D eigenvalue weighted by Crippen LogP contribution is -2.44. The van der Waals surface area contributed by atoms with Crippen molar-refractivity contribution in [3.05, 3.63) is 34.1 Å². The first-order valence-electron chi connectivity index (χ1n) is 5.61. The van der Waals surface area contributed by atoms with E-state index in [4.69, 9.17) is 10.3 Å². The van der Waals surface area contributed by atoms with Gasteiger partial charge in [-0.05, 0) is 36.8 Å². The Hall–Kier alpha value is -1.46. The molecule has 2 aromatic heterocycles.